The molecule has 0 spiro atoms. The van der Waals surface area contributed by atoms with Crippen molar-refractivity contribution in [2.45, 2.75) is 71.4 Å². The molecule has 1 aromatic heterocycles. The second kappa shape index (κ2) is 7.23. The SMILES string of the molecule is CC[C@H](C)N(CC(=O)OC(C)(C)C)S(=O)(=O)c1c(C)nn(C)c1C. The molecule has 0 bridgehead atoms. The van der Waals surface area contributed by atoms with Crippen LogP contribution in [0.25, 0.3) is 0 Å². The molecule has 7 nitrogen and oxygen atoms in total. The highest BCUT2D eigenvalue weighted by Gasteiger charge is 2.35. The summed E-state index contributed by atoms with van der Waals surface area (Å²) < 4.78 is 34.3. The zero-order valence-electron chi connectivity index (χ0n) is 15.9. The molecule has 0 aromatic carbocycles. The third-order valence-corrected chi connectivity index (χ3v) is 6.01. The van der Waals surface area contributed by atoms with E-state index in [9.17, 15) is 13.2 Å². The molecule has 1 rings (SSSR count). The third kappa shape index (κ3) is 4.57. The number of aryl methyl sites for hydroxylation is 2. The zero-order chi connectivity index (χ0) is 18.9. The van der Waals surface area contributed by atoms with Gasteiger partial charge in [0.25, 0.3) is 0 Å². The van der Waals surface area contributed by atoms with E-state index in [4.69, 9.17) is 4.74 Å². The van der Waals surface area contributed by atoms with Gasteiger partial charge in [-0.3, -0.25) is 9.48 Å². The number of nitrogens with zero attached hydrogens (tertiary/aromatic N) is 3. The van der Waals surface area contributed by atoms with E-state index in [1.165, 1.54) is 8.99 Å². The lowest BCUT2D eigenvalue weighted by Crippen LogP contribution is -2.43. The summed E-state index contributed by atoms with van der Waals surface area (Å²) in [6, 6.07) is -0.332. The van der Waals surface area contributed by atoms with Gasteiger partial charge in [-0.05, 0) is 48.0 Å². The number of carbonyl (C=O) groups is 1. The summed E-state index contributed by atoms with van der Waals surface area (Å²) in [5.74, 6) is -0.564. The summed E-state index contributed by atoms with van der Waals surface area (Å²) in [5.41, 5.74) is 0.305. The molecule has 1 aromatic rings. The van der Waals surface area contributed by atoms with Crippen LogP contribution in [0.3, 0.4) is 0 Å². The van der Waals surface area contributed by atoms with Gasteiger partial charge in [-0.1, -0.05) is 6.92 Å². The summed E-state index contributed by atoms with van der Waals surface area (Å²) in [6.07, 6.45) is 0.584. The van der Waals surface area contributed by atoms with Crippen LogP contribution in [-0.2, 0) is 26.6 Å². The van der Waals surface area contributed by atoms with Gasteiger partial charge in [0, 0.05) is 13.1 Å². The van der Waals surface area contributed by atoms with E-state index in [2.05, 4.69) is 5.10 Å². The molecule has 0 amide bonds. The second-order valence-corrected chi connectivity index (χ2v) is 8.84. The number of hydrogen-bond donors (Lipinski definition) is 0. The van der Waals surface area contributed by atoms with E-state index in [0.717, 1.165) is 0 Å². The number of aromatic nitrogens is 2. The fourth-order valence-electron chi connectivity index (χ4n) is 2.43. The lowest BCUT2D eigenvalue weighted by molar-refractivity contribution is -0.155. The first-order valence-corrected chi connectivity index (χ1v) is 9.49. The van der Waals surface area contributed by atoms with Crippen LogP contribution in [0.4, 0.5) is 0 Å². The second-order valence-electron chi connectivity index (χ2n) is 7.02. The van der Waals surface area contributed by atoms with Crippen molar-refractivity contribution < 1.29 is 17.9 Å². The topological polar surface area (TPSA) is 81.5 Å². The highest BCUT2D eigenvalue weighted by atomic mass is 32.2. The minimum atomic E-state index is -3.85. The molecule has 0 radical (unpaired) electrons. The van der Waals surface area contributed by atoms with Crippen LogP contribution >= 0.6 is 0 Å². The maximum absolute atomic E-state index is 13.2. The van der Waals surface area contributed by atoms with Gasteiger partial charge in [0.2, 0.25) is 10.0 Å². The van der Waals surface area contributed by atoms with Crippen LogP contribution in [0.15, 0.2) is 4.90 Å². The van der Waals surface area contributed by atoms with Gasteiger partial charge in [0.1, 0.15) is 17.0 Å². The molecule has 0 fully saturated rings. The average Bonchev–Trinajstić information content (AvgIpc) is 2.66. The van der Waals surface area contributed by atoms with Crippen LogP contribution in [0.2, 0.25) is 0 Å². The minimum Gasteiger partial charge on any atom is -0.459 e. The average molecular weight is 359 g/mol. The number of carbonyl (C=O) groups excluding carboxylic acids is 1. The predicted molar refractivity (Wildman–Crippen MR) is 92.2 cm³/mol. The Labute approximate surface area is 145 Å². The minimum absolute atomic E-state index is 0.161. The first-order valence-electron chi connectivity index (χ1n) is 8.05. The summed E-state index contributed by atoms with van der Waals surface area (Å²) in [4.78, 5) is 12.4. The molecule has 0 saturated heterocycles. The Hall–Kier alpha value is -1.41. The normalized spacial score (nSPS) is 14.0. The van der Waals surface area contributed by atoms with Crippen molar-refractivity contribution in [3.63, 3.8) is 0 Å². The molecule has 0 saturated carbocycles. The van der Waals surface area contributed by atoms with Gasteiger partial charge in [0.15, 0.2) is 0 Å². The van der Waals surface area contributed by atoms with Crippen LogP contribution in [-0.4, -0.2) is 46.7 Å². The number of hydrogen-bond acceptors (Lipinski definition) is 5. The van der Waals surface area contributed by atoms with Gasteiger partial charge >= 0.3 is 5.97 Å². The summed E-state index contributed by atoms with van der Waals surface area (Å²) in [5, 5.41) is 4.18. The van der Waals surface area contributed by atoms with E-state index in [1.54, 1.807) is 48.6 Å². The van der Waals surface area contributed by atoms with Crippen molar-refractivity contribution in [2.75, 3.05) is 6.54 Å². The molecule has 0 unspecified atom stereocenters. The first kappa shape index (κ1) is 20.6. The van der Waals surface area contributed by atoms with Crippen LogP contribution in [0.1, 0.15) is 52.4 Å². The van der Waals surface area contributed by atoms with E-state index in [1.807, 2.05) is 6.92 Å². The molecule has 0 aliphatic carbocycles. The molecule has 0 N–H and O–H groups in total. The highest BCUT2D eigenvalue weighted by Crippen LogP contribution is 2.25. The van der Waals surface area contributed by atoms with Crippen molar-refractivity contribution >= 4 is 16.0 Å². The molecule has 0 aliphatic rings. The third-order valence-electron chi connectivity index (χ3n) is 3.80. The van der Waals surface area contributed by atoms with Crippen LogP contribution < -0.4 is 0 Å². The smallest absolute Gasteiger partial charge is 0.321 e. The number of esters is 1. The lowest BCUT2D eigenvalue weighted by Gasteiger charge is -2.28. The van der Waals surface area contributed by atoms with E-state index < -0.39 is 21.6 Å². The predicted octanol–water partition coefficient (Wildman–Crippen LogP) is 2.17. The maximum Gasteiger partial charge on any atom is 0.321 e. The van der Waals surface area contributed by atoms with Crippen molar-refractivity contribution in [1.29, 1.82) is 0 Å². The Morgan fingerprint density at radius 1 is 1.33 bits per heavy atom. The van der Waals surface area contributed by atoms with Gasteiger partial charge in [-0.15, -0.1) is 0 Å². The Morgan fingerprint density at radius 3 is 2.25 bits per heavy atom. The van der Waals surface area contributed by atoms with Crippen molar-refractivity contribution in [1.82, 2.24) is 14.1 Å². The van der Waals surface area contributed by atoms with E-state index >= 15 is 0 Å². The van der Waals surface area contributed by atoms with E-state index in [-0.39, 0.29) is 17.5 Å². The van der Waals surface area contributed by atoms with Gasteiger partial charge in [0.05, 0.1) is 11.4 Å². The standard InChI is InChI=1S/C16H29N3O4S/c1-9-11(2)19(10-14(20)23-16(5,6)7)24(21,22)15-12(3)17-18(8)13(15)4/h11H,9-10H2,1-8H3/t11-/m0/s1. The number of sulfonamides is 1. The summed E-state index contributed by atoms with van der Waals surface area (Å²) in [7, 11) is -2.16. The Kier molecular flexibility index (Phi) is 6.21. The van der Waals surface area contributed by atoms with Crippen molar-refractivity contribution in [3.05, 3.63) is 11.4 Å². The fraction of sp³-hybridized carbons (Fsp3) is 0.750. The quantitative estimate of drug-likeness (QED) is 0.727. The molecule has 1 heterocycles. The molecular weight excluding hydrogens is 330 g/mol. The molecule has 0 aliphatic heterocycles. The largest absolute Gasteiger partial charge is 0.459 e. The molecule has 8 heteroatoms. The van der Waals surface area contributed by atoms with Gasteiger partial charge < -0.3 is 4.74 Å². The molecular formula is C16H29N3O4S. The Morgan fingerprint density at radius 2 is 1.88 bits per heavy atom. The van der Waals surface area contributed by atoms with Gasteiger partial charge in [-0.2, -0.15) is 9.40 Å². The molecule has 24 heavy (non-hydrogen) atoms. The molecule has 138 valence electrons. The fourth-order valence-corrected chi connectivity index (χ4v) is 4.48. The molecule has 1 atom stereocenters. The highest BCUT2D eigenvalue weighted by molar-refractivity contribution is 7.89. The summed E-state index contributed by atoms with van der Waals surface area (Å²) in [6.45, 7) is 12.0. The van der Waals surface area contributed by atoms with Crippen LogP contribution in [0, 0.1) is 13.8 Å². The first-order chi connectivity index (χ1) is 10.8. The monoisotopic (exact) mass is 359 g/mol. The summed E-state index contributed by atoms with van der Waals surface area (Å²) >= 11 is 0. The maximum atomic E-state index is 13.2. The Balaban J connectivity index is 3.27. The van der Waals surface area contributed by atoms with Gasteiger partial charge in [-0.25, -0.2) is 8.42 Å². The Bertz CT molecular complexity index is 702. The van der Waals surface area contributed by atoms with Crippen LogP contribution in [0.5, 0.6) is 0 Å². The lowest BCUT2D eigenvalue weighted by atomic mass is 10.2. The van der Waals surface area contributed by atoms with Crippen molar-refractivity contribution in [3.8, 4) is 0 Å². The van der Waals surface area contributed by atoms with E-state index in [0.29, 0.717) is 17.8 Å². The number of ether oxygens (including phenoxy) is 1. The number of rotatable bonds is 6. The zero-order valence-corrected chi connectivity index (χ0v) is 16.7. The van der Waals surface area contributed by atoms with Crippen molar-refractivity contribution in [2.24, 2.45) is 7.05 Å².